The van der Waals surface area contributed by atoms with E-state index in [0.717, 1.165) is 24.8 Å². The molecule has 0 unspecified atom stereocenters. The molecule has 0 bridgehead atoms. The first kappa shape index (κ1) is 16.4. The molecule has 3 nitrogen and oxygen atoms in total. The summed E-state index contributed by atoms with van der Waals surface area (Å²) in [7, 11) is 0. The Labute approximate surface area is 121 Å². The Kier molecular flexibility index (Phi) is 6.99. The number of ketones is 1. The van der Waals surface area contributed by atoms with E-state index in [0.29, 0.717) is 12.1 Å². The maximum Gasteiger partial charge on any atom is 0.220 e. The normalized spacial score (nSPS) is 10.3. The van der Waals surface area contributed by atoms with Crippen molar-refractivity contribution in [3.63, 3.8) is 0 Å². The van der Waals surface area contributed by atoms with Gasteiger partial charge in [-0.1, -0.05) is 31.9 Å². The lowest BCUT2D eigenvalue weighted by atomic mass is 10.0. The van der Waals surface area contributed by atoms with Crippen LogP contribution in [-0.4, -0.2) is 18.2 Å². The highest BCUT2D eigenvalue weighted by Gasteiger charge is 2.09. The minimum Gasteiger partial charge on any atom is -0.356 e. The van der Waals surface area contributed by atoms with Gasteiger partial charge in [-0.25, -0.2) is 0 Å². The fourth-order valence-electron chi connectivity index (χ4n) is 1.98. The van der Waals surface area contributed by atoms with Gasteiger partial charge in [0.05, 0.1) is 0 Å². The van der Waals surface area contributed by atoms with E-state index in [1.807, 2.05) is 32.0 Å². The predicted octanol–water partition coefficient (Wildman–Crippen LogP) is 3.57. The maximum atomic E-state index is 12.0. The number of rotatable bonds is 8. The summed E-state index contributed by atoms with van der Waals surface area (Å²) in [4.78, 5) is 23.6. The zero-order chi connectivity index (χ0) is 15.0. The Morgan fingerprint density at radius 2 is 1.80 bits per heavy atom. The molecule has 20 heavy (non-hydrogen) atoms. The molecule has 1 N–H and O–H groups in total. The minimum absolute atomic E-state index is 0.0294. The number of hydrogen-bond acceptors (Lipinski definition) is 2. The molecule has 1 aromatic rings. The number of benzene rings is 1. The summed E-state index contributed by atoms with van der Waals surface area (Å²) in [6.45, 7) is 6.86. The first-order chi connectivity index (χ1) is 9.54. The van der Waals surface area contributed by atoms with Gasteiger partial charge in [0.25, 0.3) is 0 Å². The Balaban J connectivity index is 2.35. The van der Waals surface area contributed by atoms with E-state index in [-0.39, 0.29) is 24.5 Å². The second-order valence-corrected chi connectivity index (χ2v) is 5.28. The zero-order valence-corrected chi connectivity index (χ0v) is 12.8. The third kappa shape index (κ3) is 5.55. The highest BCUT2D eigenvalue weighted by atomic mass is 16.2. The van der Waals surface area contributed by atoms with Gasteiger partial charge < -0.3 is 5.32 Å². The molecule has 1 amide bonds. The number of carbonyl (C=O) groups is 2. The number of hydrogen-bond donors (Lipinski definition) is 1. The van der Waals surface area contributed by atoms with Gasteiger partial charge in [0.15, 0.2) is 5.78 Å². The van der Waals surface area contributed by atoms with E-state index in [1.165, 1.54) is 5.56 Å². The monoisotopic (exact) mass is 275 g/mol. The van der Waals surface area contributed by atoms with Crippen molar-refractivity contribution in [1.82, 2.24) is 5.32 Å². The molecule has 0 radical (unpaired) electrons. The fraction of sp³-hybridized carbons (Fsp3) is 0.529. The average molecular weight is 275 g/mol. The van der Waals surface area contributed by atoms with E-state index in [4.69, 9.17) is 0 Å². The third-order valence-electron chi connectivity index (χ3n) is 3.51. The number of amides is 1. The number of Topliss-reactive ketones (excluding diaryl/α,β-unsaturated/α-hetero) is 1. The van der Waals surface area contributed by atoms with E-state index < -0.39 is 0 Å². The lowest BCUT2D eigenvalue weighted by Crippen LogP contribution is -2.24. The van der Waals surface area contributed by atoms with Gasteiger partial charge in [-0.3, -0.25) is 9.59 Å². The molecular formula is C17H25NO2. The lowest BCUT2D eigenvalue weighted by Gasteiger charge is -2.06. The highest BCUT2D eigenvalue weighted by molar-refractivity contribution is 5.98. The largest absolute Gasteiger partial charge is 0.356 e. The third-order valence-corrected chi connectivity index (χ3v) is 3.51. The van der Waals surface area contributed by atoms with Crippen molar-refractivity contribution in [2.75, 3.05) is 6.54 Å². The van der Waals surface area contributed by atoms with Gasteiger partial charge in [-0.2, -0.15) is 0 Å². The van der Waals surface area contributed by atoms with Crippen molar-refractivity contribution < 1.29 is 9.59 Å². The van der Waals surface area contributed by atoms with Crippen LogP contribution in [-0.2, 0) is 4.79 Å². The van der Waals surface area contributed by atoms with Crippen molar-refractivity contribution in [3.8, 4) is 0 Å². The molecule has 1 rings (SSSR count). The van der Waals surface area contributed by atoms with Gasteiger partial charge in [0.2, 0.25) is 5.91 Å². The van der Waals surface area contributed by atoms with E-state index in [2.05, 4.69) is 12.2 Å². The van der Waals surface area contributed by atoms with Crippen molar-refractivity contribution in [2.24, 2.45) is 0 Å². The molecule has 110 valence electrons. The maximum absolute atomic E-state index is 12.0. The fourth-order valence-corrected chi connectivity index (χ4v) is 1.98. The van der Waals surface area contributed by atoms with Crippen LogP contribution in [0, 0.1) is 13.8 Å². The summed E-state index contributed by atoms with van der Waals surface area (Å²) >= 11 is 0. The van der Waals surface area contributed by atoms with Crippen LogP contribution >= 0.6 is 0 Å². The summed E-state index contributed by atoms with van der Waals surface area (Å²) in [5, 5.41) is 2.85. The van der Waals surface area contributed by atoms with Crippen LogP contribution in [0.15, 0.2) is 18.2 Å². The molecule has 1 aromatic carbocycles. The summed E-state index contributed by atoms with van der Waals surface area (Å²) < 4.78 is 0. The van der Waals surface area contributed by atoms with E-state index in [9.17, 15) is 9.59 Å². The predicted molar refractivity (Wildman–Crippen MR) is 82.0 cm³/mol. The lowest BCUT2D eigenvalue weighted by molar-refractivity contribution is -0.121. The van der Waals surface area contributed by atoms with Crippen LogP contribution in [0.4, 0.5) is 0 Å². The van der Waals surface area contributed by atoms with E-state index in [1.54, 1.807) is 0 Å². The topological polar surface area (TPSA) is 46.2 Å². The summed E-state index contributed by atoms with van der Waals surface area (Å²) in [5.74, 6) is 0.00935. The van der Waals surface area contributed by atoms with Gasteiger partial charge in [-0.05, 0) is 37.5 Å². The molecule has 0 aromatic heterocycles. The first-order valence-electron chi connectivity index (χ1n) is 7.41. The number of nitrogens with one attached hydrogen (secondary N) is 1. The SMILES string of the molecule is CCCCCNC(=O)CCC(=O)c1ccc(C)c(C)c1. The van der Waals surface area contributed by atoms with Crippen LogP contribution in [0.1, 0.15) is 60.5 Å². The molecule has 0 aliphatic heterocycles. The summed E-state index contributed by atoms with van der Waals surface area (Å²) in [6.07, 6.45) is 3.83. The molecule has 0 spiro atoms. The van der Waals surface area contributed by atoms with Crippen molar-refractivity contribution in [3.05, 3.63) is 34.9 Å². The average Bonchev–Trinajstić information content (AvgIpc) is 2.44. The van der Waals surface area contributed by atoms with Crippen LogP contribution in [0.3, 0.4) is 0 Å². The van der Waals surface area contributed by atoms with E-state index >= 15 is 0 Å². The molecule has 0 fully saturated rings. The van der Waals surface area contributed by atoms with Gasteiger partial charge >= 0.3 is 0 Å². The van der Waals surface area contributed by atoms with Crippen LogP contribution in [0.2, 0.25) is 0 Å². The highest BCUT2D eigenvalue weighted by Crippen LogP contribution is 2.12. The molecule has 0 atom stereocenters. The Morgan fingerprint density at radius 1 is 1.05 bits per heavy atom. The molecular weight excluding hydrogens is 250 g/mol. The molecule has 0 saturated heterocycles. The summed E-state index contributed by atoms with van der Waals surface area (Å²) in [6, 6.07) is 5.69. The number of carbonyl (C=O) groups excluding carboxylic acids is 2. The van der Waals surface area contributed by atoms with Crippen molar-refractivity contribution in [1.29, 1.82) is 0 Å². The van der Waals surface area contributed by atoms with Crippen LogP contribution in [0.25, 0.3) is 0 Å². The van der Waals surface area contributed by atoms with Gasteiger partial charge in [0.1, 0.15) is 0 Å². The second-order valence-electron chi connectivity index (χ2n) is 5.28. The molecule has 0 aliphatic carbocycles. The zero-order valence-electron chi connectivity index (χ0n) is 12.8. The number of unbranched alkanes of at least 4 members (excludes halogenated alkanes) is 2. The Hall–Kier alpha value is -1.64. The van der Waals surface area contributed by atoms with Crippen LogP contribution < -0.4 is 5.32 Å². The van der Waals surface area contributed by atoms with Crippen molar-refractivity contribution >= 4 is 11.7 Å². The first-order valence-corrected chi connectivity index (χ1v) is 7.41. The summed E-state index contributed by atoms with van der Waals surface area (Å²) in [5.41, 5.74) is 2.99. The quantitative estimate of drug-likeness (QED) is 0.582. The number of aryl methyl sites for hydroxylation is 2. The molecule has 0 aliphatic rings. The van der Waals surface area contributed by atoms with Crippen molar-refractivity contribution in [2.45, 2.75) is 52.9 Å². The molecule has 0 saturated carbocycles. The van der Waals surface area contributed by atoms with Gasteiger partial charge in [0, 0.05) is 24.9 Å². The Morgan fingerprint density at radius 3 is 2.45 bits per heavy atom. The minimum atomic E-state index is -0.0294. The standard InChI is InChI=1S/C17H25NO2/c1-4-5-6-11-18-17(20)10-9-16(19)15-8-7-13(2)14(3)12-15/h7-8,12H,4-6,9-11H2,1-3H3,(H,18,20). The van der Waals surface area contributed by atoms with Crippen LogP contribution in [0.5, 0.6) is 0 Å². The molecule has 3 heteroatoms. The smallest absolute Gasteiger partial charge is 0.220 e. The molecule has 0 heterocycles. The Bertz CT molecular complexity index is 466. The second kappa shape index (κ2) is 8.51. The van der Waals surface area contributed by atoms with Gasteiger partial charge in [-0.15, -0.1) is 0 Å².